The van der Waals surface area contributed by atoms with Gasteiger partial charge in [0.2, 0.25) is 5.91 Å². The molecule has 6 heteroatoms. The van der Waals surface area contributed by atoms with Crippen molar-refractivity contribution in [3.8, 4) is 0 Å². The highest BCUT2D eigenvalue weighted by molar-refractivity contribution is 9.10. The van der Waals surface area contributed by atoms with Gasteiger partial charge in [0.15, 0.2) is 0 Å². The summed E-state index contributed by atoms with van der Waals surface area (Å²) < 4.78 is 20.0. The summed E-state index contributed by atoms with van der Waals surface area (Å²) in [5.74, 6) is -0.503. The molecule has 1 aliphatic heterocycles. The number of hydrogen-bond acceptors (Lipinski definition) is 3. The molecule has 0 spiro atoms. The van der Waals surface area contributed by atoms with Gasteiger partial charge in [-0.2, -0.15) is 0 Å². The molecule has 4 nitrogen and oxygen atoms in total. The van der Waals surface area contributed by atoms with Crippen LogP contribution in [0.5, 0.6) is 0 Å². The van der Waals surface area contributed by atoms with Gasteiger partial charge in [0, 0.05) is 33.3 Å². The second-order valence-electron chi connectivity index (χ2n) is 7.76. The van der Waals surface area contributed by atoms with Gasteiger partial charge in [0.1, 0.15) is 11.4 Å². The van der Waals surface area contributed by atoms with Crippen LogP contribution in [0, 0.1) is 11.7 Å². The number of carbonyl (C=O) groups excluding carboxylic acids is 1. The van der Waals surface area contributed by atoms with Crippen LogP contribution in [0.25, 0.3) is 11.0 Å². The molecular weight excluding hydrogens is 435 g/mol. The van der Waals surface area contributed by atoms with Crippen molar-refractivity contribution in [2.45, 2.75) is 31.7 Å². The third kappa shape index (κ3) is 3.96. The fraction of sp³-hybridized carbons (Fsp3) is 0.348. The Labute approximate surface area is 178 Å². The van der Waals surface area contributed by atoms with E-state index in [1.165, 1.54) is 12.1 Å². The van der Waals surface area contributed by atoms with Gasteiger partial charge in [0.25, 0.3) is 0 Å². The van der Waals surface area contributed by atoms with E-state index >= 15 is 0 Å². The Kier molecular flexibility index (Phi) is 5.74. The van der Waals surface area contributed by atoms with Crippen LogP contribution in [0.3, 0.4) is 0 Å². The van der Waals surface area contributed by atoms with Crippen molar-refractivity contribution in [3.05, 3.63) is 70.1 Å². The number of halogens is 2. The van der Waals surface area contributed by atoms with E-state index in [1.807, 2.05) is 37.3 Å². The fourth-order valence-corrected chi connectivity index (χ4v) is 4.98. The molecule has 0 aliphatic carbocycles. The number of fused-ring (bicyclic) bond motifs is 1. The molecule has 0 saturated carbocycles. The van der Waals surface area contributed by atoms with Gasteiger partial charge in [-0.1, -0.05) is 35.0 Å². The zero-order valence-electron chi connectivity index (χ0n) is 16.3. The van der Waals surface area contributed by atoms with Gasteiger partial charge >= 0.3 is 0 Å². The van der Waals surface area contributed by atoms with E-state index in [-0.39, 0.29) is 23.1 Å². The van der Waals surface area contributed by atoms with E-state index < -0.39 is 0 Å². The lowest BCUT2D eigenvalue weighted by Crippen LogP contribution is -2.49. The standard InChI is InChI=1S/C23H24BrFN2O2/c1-15(23(7-9-26-10-8-23)18-2-4-20(25)5-3-18)22(28)27-14-17-13-19(24)12-16-6-11-29-21(16)17/h2-6,11-13,15,26H,7-10,14H2,1H3,(H,27,28). The molecular formula is C23H24BrFN2O2. The lowest BCUT2D eigenvalue weighted by atomic mass is 9.65. The van der Waals surface area contributed by atoms with E-state index in [1.54, 1.807) is 6.26 Å². The maximum Gasteiger partial charge on any atom is 0.224 e. The number of carbonyl (C=O) groups is 1. The smallest absolute Gasteiger partial charge is 0.224 e. The summed E-state index contributed by atoms with van der Waals surface area (Å²) in [4.78, 5) is 13.2. The first-order chi connectivity index (χ1) is 14.0. The maximum absolute atomic E-state index is 13.5. The quantitative estimate of drug-likeness (QED) is 0.570. The molecule has 1 atom stereocenters. The third-order valence-corrected chi connectivity index (χ3v) is 6.64. The molecule has 2 heterocycles. The summed E-state index contributed by atoms with van der Waals surface area (Å²) in [6.07, 6.45) is 3.34. The van der Waals surface area contributed by atoms with E-state index in [0.717, 1.165) is 52.5 Å². The Morgan fingerprint density at radius 1 is 1.24 bits per heavy atom. The van der Waals surface area contributed by atoms with Crippen LogP contribution in [0.15, 0.2) is 57.6 Å². The highest BCUT2D eigenvalue weighted by Gasteiger charge is 2.42. The molecule has 4 rings (SSSR count). The zero-order valence-corrected chi connectivity index (χ0v) is 17.9. The Hall–Kier alpha value is -2.18. The molecule has 1 amide bonds. The molecule has 1 fully saturated rings. The number of rotatable bonds is 5. The molecule has 2 N–H and O–H groups in total. The van der Waals surface area contributed by atoms with Gasteiger partial charge in [0.05, 0.1) is 6.26 Å². The van der Waals surface area contributed by atoms with Crippen molar-refractivity contribution in [2.75, 3.05) is 13.1 Å². The van der Waals surface area contributed by atoms with Gasteiger partial charge in [-0.3, -0.25) is 4.79 Å². The lowest BCUT2D eigenvalue weighted by Gasteiger charge is -2.42. The molecule has 1 aliphatic rings. The molecule has 1 saturated heterocycles. The van der Waals surface area contributed by atoms with Crippen molar-refractivity contribution >= 4 is 32.8 Å². The first-order valence-electron chi connectivity index (χ1n) is 9.90. The minimum atomic E-state index is -0.305. The van der Waals surface area contributed by atoms with Crippen LogP contribution >= 0.6 is 15.9 Å². The monoisotopic (exact) mass is 458 g/mol. The third-order valence-electron chi connectivity index (χ3n) is 6.18. The summed E-state index contributed by atoms with van der Waals surface area (Å²) >= 11 is 3.52. The van der Waals surface area contributed by atoms with Crippen molar-refractivity contribution in [1.82, 2.24) is 10.6 Å². The highest BCUT2D eigenvalue weighted by Crippen LogP contribution is 2.41. The van der Waals surface area contributed by atoms with Gasteiger partial charge < -0.3 is 15.1 Å². The van der Waals surface area contributed by atoms with E-state index in [0.29, 0.717) is 6.54 Å². The average molecular weight is 459 g/mol. The molecule has 0 radical (unpaired) electrons. The predicted molar refractivity (Wildman–Crippen MR) is 115 cm³/mol. The molecule has 3 aromatic rings. The molecule has 1 aromatic heterocycles. The second kappa shape index (κ2) is 8.28. The maximum atomic E-state index is 13.5. The topological polar surface area (TPSA) is 54.3 Å². The Morgan fingerprint density at radius 2 is 1.97 bits per heavy atom. The van der Waals surface area contributed by atoms with Crippen molar-refractivity contribution in [3.63, 3.8) is 0 Å². The lowest BCUT2D eigenvalue weighted by molar-refractivity contribution is -0.127. The molecule has 0 bridgehead atoms. The van der Waals surface area contributed by atoms with Gasteiger partial charge in [-0.15, -0.1) is 0 Å². The van der Waals surface area contributed by atoms with Crippen LogP contribution in [0.2, 0.25) is 0 Å². The highest BCUT2D eigenvalue weighted by atomic mass is 79.9. The minimum Gasteiger partial charge on any atom is -0.464 e. The SMILES string of the molecule is CC(C(=O)NCc1cc(Br)cc2ccoc12)C1(c2ccc(F)cc2)CCNCC1. The Morgan fingerprint density at radius 3 is 2.69 bits per heavy atom. The van der Waals surface area contributed by atoms with Crippen molar-refractivity contribution in [1.29, 1.82) is 0 Å². The molecule has 2 aromatic carbocycles. The van der Waals surface area contributed by atoms with Crippen LogP contribution in [-0.4, -0.2) is 19.0 Å². The summed E-state index contributed by atoms with van der Waals surface area (Å²) in [7, 11) is 0. The van der Waals surface area contributed by atoms with Crippen LogP contribution < -0.4 is 10.6 Å². The number of benzene rings is 2. The molecule has 29 heavy (non-hydrogen) atoms. The van der Waals surface area contributed by atoms with Gasteiger partial charge in [-0.25, -0.2) is 4.39 Å². The van der Waals surface area contributed by atoms with E-state index in [9.17, 15) is 9.18 Å². The van der Waals surface area contributed by atoms with E-state index in [2.05, 4.69) is 26.6 Å². The normalized spacial score (nSPS) is 17.2. The van der Waals surface area contributed by atoms with Crippen LogP contribution in [-0.2, 0) is 16.8 Å². The Bertz CT molecular complexity index is 1010. The number of amides is 1. The van der Waals surface area contributed by atoms with E-state index in [4.69, 9.17) is 4.42 Å². The number of piperidine rings is 1. The largest absolute Gasteiger partial charge is 0.464 e. The number of nitrogens with one attached hydrogen (secondary N) is 2. The summed E-state index contributed by atoms with van der Waals surface area (Å²) in [5, 5.41) is 7.47. The predicted octanol–water partition coefficient (Wildman–Crippen LogP) is 4.91. The minimum absolute atomic E-state index is 0.00379. The first kappa shape index (κ1) is 20.1. The number of furan rings is 1. The summed E-state index contributed by atoms with van der Waals surface area (Å²) in [6.45, 7) is 4.05. The van der Waals surface area contributed by atoms with Crippen molar-refractivity contribution < 1.29 is 13.6 Å². The van der Waals surface area contributed by atoms with Crippen LogP contribution in [0.1, 0.15) is 30.9 Å². The van der Waals surface area contributed by atoms with Crippen molar-refractivity contribution in [2.24, 2.45) is 5.92 Å². The first-order valence-corrected chi connectivity index (χ1v) is 10.7. The molecule has 152 valence electrons. The number of hydrogen-bond donors (Lipinski definition) is 2. The summed E-state index contributed by atoms with van der Waals surface area (Å²) in [5.41, 5.74) is 2.44. The second-order valence-corrected chi connectivity index (χ2v) is 8.67. The fourth-order valence-electron chi connectivity index (χ4n) is 4.46. The van der Waals surface area contributed by atoms with Crippen LogP contribution in [0.4, 0.5) is 4.39 Å². The molecule has 1 unspecified atom stereocenters. The Balaban J connectivity index is 1.56. The average Bonchev–Trinajstić information content (AvgIpc) is 3.20. The zero-order chi connectivity index (χ0) is 20.4. The summed E-state index contributed by atoms with van der Waals surface area (Å²) in [6, 6.07) is 12.5. The van der Waals surface area contributed by atoms with Gasteiger partial charge in [-0.05, 0) is 61.8 Å².